The van der Waals surface area contributed by atoms with Crippen LogP contribution in [0.5, 0.6) is 11.5 Å². The number of nitrogens with one attached hydrogen (secondary N) is 1. The van der Waals surface area contributed by atoms with Crippen molar-refractivity contribution >= 4 is 15.9 Å². The number of amides is 1. The molecule has 0 heterocycles. The summed E-state index contributed by atoms with van der Waals surface area (Å²) in [6, 6.07) is 7.96. The summed E-state index contributed by atoms with van der Waals surface area (Å²) < 4.78 is 62.1. The van der Waals surface area contributed by atoms with Crippen LogP contribution in [-0.2, 0) is 16.6 Å². The molecule has 0 aliphatic rings. The molecule has 0 atom stereocenters. The van der Waals surface area contributed by atoms with Gasteiger partial charge in [-0.15, -0.1) is 0 Å². The van der Waals surface area contributed by atoms with Crippen molar-refractivity contribution in [1.82, 2.24) is 4.72 Å². The summed E-state index contributed by atoms with van der Waals surface area (Å²) >= 11 is 0. The summed E-state index contributed by atoms with van der Waals surface area (Å²) in [5, 5.41) is 0. The van der Waals surface area contributed by atoms with E-state index in [0.29, 0.717) is 17.6 Å². The lowest BCUT2D eigenvalue weighted by Gasteiger charge is -2.10. The number of halogens is 2. The van der Waals surface area contributed by atoms with Crippen molar-refractivity contribution in [3.63, 3.8) is 0 Å². The van der Waals surface area contributed by atoms with Crippen molar-refractivity contribution in [2.75, 3.05) is 13.4 Å². The van der Waals surface area contributed by atoms with Gasteiger partial charge in [-0.2, -0.15) is 0 Å². The third-order valence-corrected chi connectivity index (χ3v) is 3.65. The van der Waals surface area contributed by atoms with Crippen molar-refractivity contribution in [1.29, 1.82) is 0 Å². The van der Waals surface area contributed by atoms with Crippen LogP contribution in [0.3, 0.4) is 0 Å². The highest BCUT2D eigenvalue weighted by Crippen LogP contribution is 2.21. The number of ether oxygens (including phenoxy) is 2. The number of hydrogen-bond acceptors (Lipinski definition) is 5. The molecule has 1 amide bonds. The molecule has 0 unspecified atom stereocenters. The first kappa shape index (κ1) is 18.7. The zero-order valence-corrected chi connectivity index (χ0v) is 14.2. The second kappa shape index (κ2) is 7.47. The Morgan fingerprint density at radius 3 is 2.44 bits per heavy atom. The fourth-order valence-electron chi connectivity index (χ4n) is 1.95. The van der Waals surface area contributed by atoms with Crippen LogP contribution in [-0.4, -0.2) is 27.7 Å². The zero-order valence-electron chi connectivity index (χ0n) is 13.4. The lowest BCUT2D eigenvalue weighted by molar-refractivity contribution is 0.0977. The highest BCUT2D eigenvalue weighted by Gasteiger charge is 2.19. The zero-order chi connectivity index (χ0) is 18.6. The van der Waals surface area contributed by atoms with E-state index < -0.39 is 33.1 Å². The van der Waals surface area contributed by atoms with Crippen LogP contribution in [0.25, 0.3) is 0 Å². The van der Waals surface area contributed by atoms with Gasteiger partial charge in [0.2, 0.25) is 10.0 Å². The Morgan fingerprint density at radius 1 is 1.12 bits per heavy atom. The minimum Gasteiger partial charge on any atom is -0.497 e. The second-order valence-electron chi connectivity index (χ2n) is 5.09. The molecule has 0 radical (unpaired) electrons. The highest BCUT2D eigenvalue weighted by atomic mass is 32.2. The Hall–Kier alpha value is -2.68. The van der Waals surface area contributed by atoms with Gasteiger partial charge in [0.25, 0.3) is 5.91 Å². The van der Waals surface area contributed by atoms with E-state index in [9.17, 15) is 22.0 Å². The van der Waals surface area contributed by atoms with Crippen molar-refractivity contribution < 1.29 is 31.5 Å². The molecule has 0 spiro atoms. The molecule has 2 rings (SSSR count). The summed E-state index contributed by atoms with van der Waals surface area (Å²) in [7, 11) is -2.41. The molecule has 0 aliphatic carbocycles. The van der Waals surface area contributed by atoms with Gasteiger partial charge in [-0.3, -0.25) is 4.79 Å². The highest BCUT2D eigenvalue weighted by molar-refractivity contribution is 7.89. The predicted octanol–water partition coefficient (Wildman–Crippen LogP) is 2.24. The molecular formula is C16H15F2NO5S. The number of carbonyl (C=O) groups excluding carboxylic acids is 1. The molecule has 134 valence electrons. The fourth-order valence-corrected chi connectivity index (χ4v) is 2.39. The molecule has 0 aliphatic heterocycles. The van der Waals surface area contributed by atoms with Crippen LogP contribution < -0.4 is 14.2 Å². The van der Waals surface area contributed by atoms with Gasteiger partial charge in [0.1, 0.15) is 29.7 Å². The van der Waals surface area contributed by atoms with Gasteiger partial charge < -0.3 is 9.47 Å². The second-order valence-corrected chi connectivity index (χ2v) is 6.84. The monoisotopic (exact) mass is 371 g/mol. The third kappa shape index (κ3) is 5.15. The minimum absolute atomic E-state index is 0.128. The van der Waals surface area contributed by atoms with E-state index in [-0.39, 0.29) is 12.2 Å². The van der Waals surface area contributed by atoms with Gasteiger partial charge in [0.15, 0.2) is 0 Å². The first-order valence-electron chi connectivity index (χ1n) is 6.96. The molecule has 25 heavy (non-hydrogen) atoms. The normalized spacial score (nSPS) is 11.0. The minimum atomic E-state index is -3.89. The Bertz CT molecular complexity index is 899. The van der Waals surface area contributed by atoms with Gasteiger partial charge in [-0.25, -0.2) is 21.9 Å². The van der Waals surface area contributed by atoms with Crippen molar-refractivity contribution in [2.24, 2.45) is 0 Å². The van der Waals surface area contributed by atoms with Crippen LogP contribution in [0.4, 0.5) is 8.78 Å². The molecule has 0 saturated heterocycles. The van der Waals surface area contributed by atoms with Gasteiger partial charge in [-0.05, 0) is 24.3 Å². The number of carbonyl (C=O) groups is 1. The molecule has 0 saturated carbocycles. The van der Waals surface area contributed by atoms with Crippen LogP contribution in [0.15, 0.2) is 36.4 Å². The van der Waals surface area contributed by atoms with Crippen molar-refractivity contribution in [2.45, 2.75) is 6.61 Å². The first-order chi connectivity index (χ1) is 11.7. The SMILES string of the molecule is COc1cccc(OCc2cc(F)c(C(=O)NS(C)(=O)=O)cc2F)c1. The summed E-state index contributed by atoms with van der Waals surface area (Å²) in [6.07, 6.45) is 0.732. The number of sulfonamides is 1. The average Bonchev–Trinajstić information content (AvgIpc) is 2.53. The maximum Gasteiger partial charge on any atom is 0.267 e. The summed E-state index contributed by atoms with van der Waals surface area (Å²) in [5.74, 6) is -2.29. The first-order valence-corrected chi connectivity index (χ1v) is 8.85. The van der Waals surface area contributed by atoms with Crippen molar-refractivity contribution in [3.8, 4) is 11.5 Å². The number of benzene rings is 2. The Balaban J connectivity index is 2.17. The topological polar surface area (TPSA) is 81.7 Å². The fraction of sp³-hybridized carbons (Fsp3) is 0.188. The molecule has 1 N–H and O–H groups in total. The summed E-state index contributed by atoms with van der Waals surface area (Å²) in [6.45, 7) is -0.288. The van der Waals surface area contributed by atoms with Crippen LogP contribution in [0.2, 0.25) is 0 Å². The molecule has 0 bridgehead atoms. The molecule has 0 aromatic heterocycles. The number of rotatable bonds is 6. The molecule has 0 fully saturated rings. The van der Waals surface area contributed by atoms with Gasteiger partial charge in [0.05, 0.1) is 18.9 Å². The van der Waals surface area contributed by atoms with Gasteiger partial charge in [0, 0.05) is 11.6 Å². The molecule has 6 nitrogen and oxygen atoms in total. The van der Waals surface area contributed by atoms with E-state index in [1.807, 2.05) is 0 Å². The van der Waals surface area contributed by atoms with Gasteiger partial charge >= 0.3 is 0 Å². The van der Waals surface area contributed by atoms with E-state index in [2.05, 4.69) is 0 Å². The summed E-state index contributed by atoms with van der Waals surface area (Å²) in [4.78, 5) is 11.7. The standard InChI is InChI=1S/C16H15F2NO5S/c1-23-11-4-3-5-12(7-11)24-9-10-6-15(18)13(8-14(10)17)16(20)19-25(2,21)22/h3-8H,9H2,1-2H3,(H,19,20). The summed E-state index contributed by atoms with van der Waals surface area (Å²) in [5.41, 5.74) is -0.843. The molecular weight excluding hydrogens is 356 g/mol. The lowest BCUT2D eigenvalue weighted by atomic mass is 10.1. The van der Waals surface area contributed by atoms with E-state index in [1.54, 1.807) is 29.0 Å². The van der Waals surface area contributed by atoms with Crippen LogP contribution in [0.1, 0.15) is 15.9 Å². The van der Waals surface area contributed by atoms with E-state index >= 15 is 0 Å². The van der Waals surface area contributed by atoms with E-state index in [0.717, 1.165) is 12.3 Å². The van der Waals surface area contributed by atoms with E-state index in [4.69, 9.17) is 9.47 Å². The number of methoxy groups -OCH3 is 1. The molecule has 2 aromatic carbocycles. The predicted molar refractivity (Wildman–Crippen MR) is 86.0 cm³/mol. The van der Waals surface area contributed by atoms with Crippen molar-refractivity contribution in [3.05, 3.63) is 59.2 Å². The maximum atomic E-state index is 14.1. The Kier molecular flexibility index (Phi) is 5.58. The smallest absolute Gasteiger partial charge is 0.267 e. The lowest BCUT2D eigenvalue weighted by Crippen LogP contribution is -2.30. The largest absolute Gasteiger partial charge is 0.497 e. The molecule has 2 aromatic rings. The Labute approximate surface area is 143 Å². The third-order valence-electron chi connectivity index (χ3n) is 3.09. The molecule has 9 heteroatoms. The average molecular weight is 371 g/mol. The maximum absolute atomic E-state index is 14.1. The number of hydrogen-bond donors (Lipinski definition) is 1. The van der Waals surface area contributed by atoms with Crippen LogP contribution in [0, 0.1) is 11.6 Å². The Morgan fingerprint density at radius 2 is 1.80 bits per heavy atom. The quantitative estimate of drug-likeness (QED) is 0.842. The van der Waals surface area contributed by atoms with E-state index in [1.165, 1.54) is 7.11 Å². The van der Waals surface area contributed by atoms with Gasteiger partial charge in [-0.1, -0.05) is 6.07 Å². The van der Waals surface area contributed by atoms with Crippen LogP contribution >= 0.6 is 0 Å².